The Balaban J connectivity index is 1.85. The van der Waals surface area contributed by atoms with E-state index in [9.17, 15) is 4.79 Å². The van der Waals surface area contributed by atoms with Gasteiger partial charge in [-0.2, -0.15) is 0 Å². The van der Waals surface area contributed by atoms with Crippen LogP contribution in [0.5, 0.6) is 0 Å². The van der Waals surface area contributed by atoms with Crippen LogP contribution >= 0.6 is 23.4 Å². The summed E-state index contributed by atoms with van der Waals surface area (Å²) in [6, 6.07) is 15.0. The van der Waals surface area contributed by atoms with Crippen LogP contribution in [0.4, 0.5) is 5.69 Å². The number of benzene rings is 2. The highest BCUT2D eigenvalue weighted by molar-refractivity contribution is 8.15. The molecule has 1 unspecified atom stereocenters. The molecule has 2 nitrogen and oxygen atoms in total. The molecule has 0 radical (unpaired) electrons. The van der Waals surface area contributed by atoms with E-state index in [1.807, 2.05) is 42.6 Å². The highest BCUT2D eigenvalue weighted by atomic mass is 35.5. The summed E-state index contributed by atoms with van der Waals surface area (Å²) < 4.78 is 0. The minimum absolute atomic E-state index is 0.000576. The van der Waals surface area contributed by atoms with Gasteiger partial charge in [-0.25, -0.2) is 0 Å². The van der Waals surface area contributed by atoms with Gasteiger partial charge in [0.25, 0.3) is 0 Å². The quantitative estimate of drug-likeness (QED) is 0.751. The summed E-state index contributed by atoms with van der Waals surface area (Å²) in [7, 11) is 0. The molecule has 0 aliphatic carbocycles. The largest absolute Gasteiger partial charge is 0.282 e. The average Bonchev–Trinajstić information content (AvgIpc) is 2.76. The van der Waals surface area contributed by atoms with E-state index in [4.69, 9.17) is 11.6 Å². The normalized spacial score (nSPS) is 17.9. The average molecular weight is 288 g/mol. The number of aliphatic imine (C=N–C) groups is 1. The van der Waals surface area contributed by atoms with Crippen molar-refractivity contribution < 1.29 is 4.79 Å². The van der Waals surface area contributed by atoms with E-state index >= 15 is 0 Å². The number of halogens is 1. The standard InChI is InChI=1S/C15H10ClNOS/c16-10-5-7-11(8-6-10)17-9-14-12-3-1-2-4-13(12)15(18)19-14/h1-9,14H. The first-order chi connectivity index (χ1) is 9.24. The van der Waals surface area contributed by atoms with Gasteiger partial charge in [0.05, 0.1) is 10.9 Å². The van der Waals surface area contributed by atoms with E-state index in [1.165, 1.54) is 11.8 Å². The Hall–Kier alpha value is -1.58. The molecule has 0 amide bonds. The fraction of sp³-hybridized carbons (Fsp3) is 0.0667. The van der Waals surface area contributed by atoms with Crippen molar-refractivity contribution in [1.82, 2.24) is 0 Å². The van der Waals surface area contributed by atoms with Gasteiger partial charge in [0.1, 0.15) is 0 Å². The number of hydrogen-bond donors (Lipinski definition) is 0. The second kappa shape index (κ2) is 5.19. The van der Waals surface area contributed by atoms with Crippen molar-refractivity contribution in [3.63, 3.8) is 0 Å². The fourth-order valence-electron chi connectivity index (χ4n) is 1.96. The summed E-state index contributed by atoms with van der Waals surface area (Å²) >= 11 is 7.13. The summed E-state index contributed by atoms with van der Waals surface area (Å²) in [5.74, 6) is 0. The molecule has 2 aromatic rings. The van der Waals surface area contributed by atoms with E-state index in [-0.39, 0.29) is 10.4 Å². The molecule has 1 aliphatic heterocycles. The van der Waals surface area contributed by atoms with Crippen LogP contribution in [0.25, 0.3) is 0 Å². The second-order valence-corrected chi connectivity index (χ2v) is 5.72. The SMILES string of the molecule is O=C1SC(C=Nc2ccc(Cl)cc2)c2ccccc21. The molecule has 2 aromatic carbocycles. The van der Waals surface area contributed by atoms with Crippen LogP contribution in [-0.2, 0) is 0 Å². The third kappa shape index (κ3) is 2.57. The van der Waals surface area contributed by atoms with Crippen LogP contribution in [0.3, 0.4) is 0 Å². The van der Waals surface area contributed by atoms with Gasteiger partial charge in [-0.15, -0.1) is 0 Å². The molecule has 19 heavy (non-hydrogen) atoms. The lowest BCUT2D eigenvalue weighted by Crippen LogP contribution is -1.90. The third-order valence-electron chi connectivity index (χ3n) is 2.91. The zero-order valence-electron chi connectivity index (χ0n) is 9.92. The van der Waals surface area contributed by atoms with Crippen molar-refractivity contribution in [3.8, 4) is 0 Å². The van der Waals surface area contributed by atoms with Crippen LogP contribution < -0.4 is 0 Å². The summed E-state index contributed by atoms with van der Waals surface area (Å²) in [6.07, 6.45) is 1.82. The van der Waals surface area contributed by atoms with Gasteiger partial charge in [0.2, 0.25) is 5.12 Å². The lowest BCUT2D eigenvalue weighted by Gasteiger charge is -2.02. The highest BCUT2D eigenvalue weighted by Crippen LogP contribution is 2.40. The number of carbonyl (C=O) groups excluding carboxylic acids is 1. The number of carbonyl (C=O) groups is 1. The maximum Gasteiger partial charge on any atom is 0.220 e. The molecule has 0 N–H and O–H groups in total. The minimum atomic E-state index is -0.000576. The van der Waals surface area contributed by atoms with Crippen LogP contribution in [0, 0.1) is 0 Å². The topological polar surface area (TPSA) is 29.4 Å². The van der Waals surface area contributed by atoms with Crippen molar-refractivity contribution >= 4 is 40.4 Å². The minimum Gasteiger partial charge on any atom is -0.282 e. The Morgan fingerprint density at radius 1 is 1.11 bits per heavy atom. The first kappa shape index (κ1) is 12.5. The van der Waals surface area contributed by atoms with Crippen molar-refractivity contribution in [2.75, 3.05) is 0 Å². The van der Waals surface area contributed by atoms with Gasteiger partial charge in [0, 0.05) is 16.8 Å². The molecule has 0 spiro atoms. The molecule has 0 aromatic heterocycles. The van der Waals surface area contributed by atoms with Gasteiger partial charge in [0.15, 0.2) is 0 Å². The Morgan fingerprint density at radius 3 is 2.63 bits per heavy atom. The summed E-state index contributed by atoms with van der Waals surface area (Å²) in [4.78, 5) is 16.2. The highest BCUT2D eigenvalue weighted by Gasteiger charge is 2.28. The lowest BCUT2D eigenvalue weighted by atomic mass is 10.1. The Morgan fingerprint density at radius 2 is 1.84 bits per heavy atom. The molecule has 4 heteroatoms. The maximum atomic E-state index is 11.8. The molecule has 1 heterocycles. The first-order valence-corrected chi connectivity index (χ1v) is 7.09. The number of thioether (sulfide) groups is 1. The molecule has 0 fully saturated rings. The zero-order chi connectivity index (χ0) is 13.2. The molecule has 0 bridgehead atoms. The van der Waals surface area contributed by atoms with E-state index in [1.54, 1.807) is 12.1 Å². The number of fused-ring (bicyclic) bond motifs is 1. The maximum absolute atomic E-state index is 11.8. The third-order valence-corrected chi connectivity index (χ3v) is 4.22. The van der Waals surface area contributed by atoms with Crippen molar-refractivity contribution in [3.05, 3.63) is 64.7 Å². The summed E-state index contributed by atoms with van der Waals surface area (Å²) in [6.45, 7) is 0. The van der Waals surface area contributed by atoms with Gasteiger partial charge in [-0.3, -0.25) is 9.79 Å². The van der Waals surface area contributed by atoms with Gasteiger partial charge in [-0.05, 0) is 29.8 Å². The predicted molar refractivity (Wildman–Crippen MR) is 80.7 cm³/mol. The summed E-state index contributed by atoms with van der Waals surface area (Å²) in [5, 5.41) is 0.803. The fourth-order valence-corrected chi connectivity index (χ4v) is 3.09. The molecule has 1 aliphatic rings. The summed E-state index contributed by atoms with van der Waals surface area (Å²) in [5.41, 5.74) is 2.66. The van der Waals surface area contributed by atoms with Crippen LogP contribution in [0.2, 0.25) is 5.02 Å². The van der Waals surface area contributed by atoms with Crippen LogP contribution in [0.15, 0.2) is 53.5 Å². The van der Waals surface area contributed by atoms with Gasteiger partial charge < -0.3 is 0 Å². The van der Waals surface area contributed by atoms with Crippen molar-refractivity contribution in [1.29, 1.82) is 0 Å². The Bertz CT molecular complexity index is 651. The Labute approximate surface area is 120 Å². The molecule has 94 valence electrons. The molecule has 3 rings (SSSR count). The van der Waals surface area contributed by atoms with Crippen LogP contribution in [0.1, 0.15) is 21.2 Å². The van der Waals surface area contributed by atoms with E-state index in [0.29, 0.717) is 5.02 Å². The lowest BCUT2D eigenvalue weighted by molar-refractivity contribution is 0.109. The number of hydrogen-bond acceptors (Lipinski definition) is 3. The molecular weight excluding hydrogens is 278 g/mol. The first-order valence-electron chi connectivity index (χ1n) is 5.84. The number of nitrogens with zero attached hydrogens (tertiary/aromatic N) is 1. The van der Waals surface area contributed by atoms with Crippen molar-refractivity contribution in [2.45, 2.75) is 5.25 Å². The Kier molecular flexibility index (Phi) is 3.40. The van der Waals surface area contributed by atoms with E-state index in [2.05, 4.69) is 4.99 Å². The molecule has 1 atom stereocenters. The van der Waals surface area contributed by atoms with Crippen molar-refractivity contribution in [2.24, 2.45) is 4.99 Å². The molecule has 0 saturated heterocycles. The molecular formula is C15H10ClNOS. The van der Waals surface area contributed by atoms with Gasteiger partial charge in [-0.1, -0.05) is 47.6 Å². The van der Waals surface area contributed by atoms with Gasteiger partial charge >= 0.3 is 0 Å². The van der Waals surface area contributed by atoms with Crippen LogP contribution in [-0.4, -0.2) is 11.3 Å². The smallest absolute Gasteiger partial charge is 0.220 e. The van der Waals surface area contributed by atoms with E-state index < -0.39 is 0 Å². The predicted octanol–water partition coefficient (Wildman–Crippen LogP) is 4.67. The van der Waals surface area contributed by atoms with E-state index in [0.717, 1.165) is 16.8 Å². The number of rotatable bonds is 2. The second-order valence-electron chi connectivity index (χ2n) is 4.17. The zero-order valence-corrected chi connectivity index (χ0v) is 11.5. The molecule has 0 saturated carbocycles. The monoisotopic (exact) mass is 287 g/mol.